The van der Waals surface area contributed by atoms with Crippen molar-refractivity contribution < 1.29 is 0 Å². The number of benzene rings is 1. The zero-order valence-electron chi connectivity index (χ0n) is 8.34. The third-order valence-corrected chi connectivity index (χ3v) is 3.80. The van der Waals surface area contributed by atoms with Crippen LogP contribution in [-0.2, 0) is 6.42 Å². The Morgan fingerprint density at radius 3 is 2.92 bits per heavy atom. The van der Waals surface area contributed by atoms with Crippen LogP contribution in [0.5, 0.6) is 0 Å². The van der Waals surface area contributed by atoms with E-state index in [1.807, 2.05) is 11.8 Å². The van der Waals surface area contributed by atoms with E-state index in [2.05, 4.69) is 32.0 Å². The lowest BCUT2D eigenvalue weighted by Gasteiger charge is -2.17. The molecular weight excluding hydrogens is 176 g/mol. The maximum atomic E-state index is 2.40. The van der Waals surface area contributed by atoms with E-state index in [1.165, 1.54) is 29.1 Å². The molecule has 0 unspecified atom stereocenters. The van der Waals surface area contributed by atoms with Crippen LogP contribution in [0.25, 0.3) is 0 Å². The Bertz CT molecular complexity index is 302. The monoisotopic (exact) mass is 192 g/mol. The molecule has 0 nitrogen and oxygen atoms in total. The summed E-state index contributed by atoms with van der Waals surface area (Å²) < 4.78 is 0. The summed E-state index contributed by atoms with van der Waals surface area (Å²) >= 11 is 2.01. The van der Waals surface area contributed by atoms with Crippen LogP contribution in [-0.4, -0.2) is 5.75 Å². The molecule has 0 atom stereocenters. The fraction of sp³-hybridized carbons (Fsp3) is 0.500. The van der Waals surface area contributed by atoms with Gasteiger partial charge in [0, 0.05) is 4.90 Å². The molecule has 1 aliphatic heterocycles. The number of thioether (sulfide) groups is 1. The summed E-state index contributed by atoms with van der Waals surface area (Å²) in [7, 11) is 0. The lowest BCUT2D eigenvalue weighted by Crippen LogP contribution is -2.00. The molecule has 1 aromatic rings. The molecular formula is C12H16S. The molecule has 1 heterocycles. The van der Waals surface area contributed by atoms with Crippen molar-refractivity contribution in [2.24, 2.45) is 0 Å². The quantitative estimate of drug-likeness (QED) is 0.651. The first kappa shape index (κ1) is 9.14. The van der Waals surface area contributed by atoms with Crippen LogP contribution in [0.3, 0.4) is 0 Å². The summed E-state index contributed by atoms with van der Waals surface area (Å²) in [6.07, 6.45) is 2.63. The highest BCUT2D eigenvalue weighted by atomic mass is 32.2. The fourth-order valence-electron chi connectivity index (χ4n) is 1.74. The van der Waals surface area contributed by atoms with Gasteiger partial charge in [-0.15, -0.1) is 11.8 Å². The molecule has 0 spiro atoms. The molecule has 13 heavy (non-hydrogen) atoms. The molecule has 0 aromatic heterocycles. The zero-order valence-corrected chi connectivity index (χ0v) is 9.16. The highest BCUT2D eigenvalue weighted by Crippen LogP contribution is 2.31. The average molecular weight is 192 g/mol. The Morgan fingerprint density at radius 2 is 2.15 bits per heavy atom. The smallest absolute Gasteiger partial charge is 0.0104 e. The van der Waals surface area contributed by atoms with Gasteiger partial charge in [-0.3, -0.25) is 0 Å². The average Bonchev–Trinajstić information content (AvgIpc) is 2.17. The minimum atomic E-state index is 0.664. The first-order chi connectivity index (χ1) is 6.27. The molecule has 0 fully saturated rings. The Kier molecular flexibility index (Phi) is 2.63. The number of hydrogen-bond donors (Lipinski definition) is 0. The molecule has 2 rings (SSSR count). The summed E-state index contributed by atoms with van der Waals surface area (Å²) in [6, 6.07) is 6.97. The molecule has 0 bridgehead atoms. The SMILES string of the molecule is CC(C)c1ccc2c(c1)CCCS2. The van der Waals surface area contributed by atoms with Gasteiger partial charge in [0.15, 0.2) is 0 Å². The predicted molar refractivity (Wildman–Crippen MR) is 59.6 cm³/mol. The molecule has 0 amide bonds. The van der Waals surface area contributed by atoms with Gasteiger partial charge in [0.1, 0.15) is 0 Å². The maximum Gasteiger partial charge on any atom is 0.0104 e. The summed E-state index contributed by atoms with van der Waals surface area (Å²) in [5.74, 6) is 1.96. The third kappa shape index (κ3) is 1.91. The Morgan fingerprint density at radius 1 is 1.31 bits per heavy atom. The first-order valence-electron chi connectivity index (χ1n) is 5.03. The van der Waals surface area contributed by atoms with Gasteiger partial charge in [0.25, 0.3) is 0 Å². The molecule has 0 saturated carbocycles. The van der Waals surface area contributed by atoms with Gasteiger partial charge in [-0.1, -0.05) is 26.0 Å². The van der Waals surface area contributed by atoms with Crippen molar-refractivity contribution in [3.8, 4) is 0 Å². The second-order valence-corrected chi connectivity index (χ2v) is 5.11. The Labute approximate surface area is 84.7 Å². The lowest BCUT2D eigenvalue weighted by molar-refractivity contribution is 0.840. The van der Waals surface area contributed by atoms with Gasteiger partial charge in [0.2, 0.25) is 0 Å². The minimum absolute atomic E-state index is 0.664. The minimum Gasteiger partial charge on any atom is -0.126 e. The van der Waals surface area contributed by atoms with Crippen molar-refractivity contribution in [3.05, 3.63) is 29.3 Å². The van der Waals surface area contributed by atoms with E-state index in [9.17, 15) is 0 Å². The predicted octanol–water partition coefficient (Wildman–Crippen LogP) is 3.85. The van der Waals surface area contributed by atoms with Crippen molar-refractivity contribution in [3.63, 3.8) is 0 Å². The molecule has 1 aliphatic rings. The number of fused-ring (bicyclic) bond motifs is 1. The number of rotatable bonds is 1. The topological polar surface area (TPSA) is 0 Å². The summed E-state index contributed by atoms with van der Waals surface area (Å²) in [5, 5.41) is 0. The van der Waals surface area contributed by atoms with Crippen molar-refractivity contribution in [2.75, 3.05) is 5.75 Å². The van der Waals surface area contributed by atoms with Crippen LogP contribution in [0.2, 0.25) is 0 Å². The molecule has 70 valence electrons. The molecule has 1 aromatic carbocycles. The summed E-state index contributed by atoms with van der Waals surface area (Å²) in [4.78, 5) is 1.51. The highest BCUT2D eigenvalue weighted by Gasteiger charge is 2.10. The van der Waals surface area contributed by atoms with Crippen molar-refractivity contribution in [1.29, 1.82) is 0 Å². The van der Waals surface area contributed by atoms with Gasteiger partial charge in [-0.2, -0.15) is 0 Å². The molecule has 1 heteroatoms. The zero-order chi connectivity index (χ0) is 9.26. The van der Waals surface area contributed by atoms with Gasteiger partial charge in [0.05, 0.1) is 0 Å². The third-order valence-electron chi connectivity index (χ3n) is 2.60. The summed E-state index contributed by atoms with van der Waals surface area (Å²) in [5.41, 5.74) is 3.06. The highest BCUT2D eigenvalue weighted by molar-refractivity contribution is 7.99. The fourth-order valence-corrected chi connectivity index (χ4v) is 2.76. The molecule has 0 saturated heterocycles. The van der Waals surface area contributed by atoms with E-state index in [0.29, 0.717) is 5.92 Å². The van der Waals surface area contributed by atoms with E-state index in [0.717, 1.165) is 0 Å². The van der Waals surface area contributed by atoms with Gasteiger partial charge < -0.3 is 0 Å². The maximum absolute atomic E-state index is 2.40. The van der Waals surface area contributed by atoms with Crippen molar-refractivity contribution in [2.45, 2.75) is 37.5 Å². The van der Waals surface area contributed by atoms with E-state index in [1.54, 1.807) is 5.56 Å². The normalized spacial score (nSPS) is 15.9. The van der Waals surface area contributed by atoms with Crippen molar-refractivity contribution in [1.82, 2.24) is 0 Å². The second-order valence-electron chi connectivity index (χ2n) is 3.97. The molecule has 0 N–H and O–H groups in total. The van der Waals surface area contributed by atoms with E-state index in [-0.39, 0.29) is 0 Å². The van der Waals surface area contributed by atoms with Crippen LogP contribution in [0.15, 0.2) is 23.1 Å². The second kappa shape index (κ2) is 3.75. The van der Waals surface area contributed by atoms with Crippen LogP contribution in [0.4, 0.5) is 0 Å². The van der Waals surface area contributed by atoms with Gasteiger partial charge in [-0.05, 0) is 41.7 Å². The van der Waals surface area contributed by atoms with Crippen LogP contribution in [0, 0.1) is 0 Å². The standard InChI is InChI=1S/C12H16S/c1-9(2)10-5-6-12-11(8-10)4-3-7-13-12/h5-6,8-9H,3-4,7H2,1-2H3. The Hall–Kier alpha value is -0.430. The largest absolute Gasteiger partial charge is 0.126 e. The van der Waals surface area contributed by atoms with Crippen LogP contribution >= 0.6 is 11.8 Å². The van der Waals surface area contributed by atoms with Gasteiger partial charge in [-0.25, -0.2) is 0 Å². The molecule has 0 radical (unpaired) electrons. The van der Waals surface area contributed by atoms with Gasteiger partial charge >= 0.3 is 0 Å². The van der Waals surface area contributed by atoms with Crippen molar-refractivity contribution >= 4 is 11.8 Å². The number of aryl methyl sites for hydroxylation is 1. The Balaban J connectivity index is 2.35. The van der Waals surface area contributed by atoms with E-state index >= 15 is 0 Å². The first-order valence-corrected chi connectivity index (χ1v) is 6.01. The lowest BCUT2D eigenvalue weighted by atomic mass is 9.99. The van der Waals surface area contributed by atoms with E-state index < -0.39 is 0 Å². The number of hydrogen-bond acceptors (Lipinski definition) is 1. The van der Waals surface area contributed by atoms with Crippen LogP contribution in [0.1, 0.15) is 37.3 Å². The van der Waals surface area contributed by atoms with E-state index in [4.69, 9.17) is 0 Å². The van der Waals surface area contributed by atoms with Crippen LogP contribution < -0.4 is 0 Å². The summed E-state index contributed by atoms with van der Waals surface area (Å²) in [6.45, 7) is 4.52. The molecule has 0 aliphatic carbocycles.